The number of oxime groups is 1. The van der Waals surface area contributed by atoms with Crippen LogP contribution in [0.4, 0.5) is 4.39 Å². The monoisotopic (exact) mass is 317 g/mol. The van der Waals surface area contributed by atoms with Gasteiger partial charge >= 0.3 is 11.9 Å². The van der Waals surface area contributed by atoms with Crippen molar-refractivity contribution in [2.24, 2.45) is 5.16 Å². The van der Waals surface area contributed by atoms with E-state index in [-0.39, 0.29) is 22.4 Å². The minimum absolute atomic E-state index is 0.154. The van der Waals surface area contributed by atoms with E-state index in [1.165, 1.54) is 43.5 Å². The maximum Gasteiger partial charge on any atom is 0.336 e. The number of hydrogen-bond donors (Lipinski definition) is 2. The molecule has 6 nitrogen and oxygen atoms in total. The number of hydrogen-bond acceptors (Lipinski definition) is 4. The zero-order chi connectivity index (χ0) is 17.0. The molecule has 0 saturated carbocycles. The second kappa shape index (κ2) is 6.69. The number of nitrogens with zero attached hydrogens (tertiary/aromatic N) is 1. The Morgan fingerprint density at radius 1 is 0.957 bits per heavy atom. The molecule has 7 heteroatoms. The predicted molar refractivity (Wildman–Crippen MR) is 79.4 cm³/mol. The van der Waals surface area contributed by atoms with Crippen LogP contribution in [0.2, 0.25) is 0 Å². The van der Waals surface area contributed by atoms with Crippen LogP contribution in [-0.2, 0) is 4.84 Å². The summed E-state index contributed by atoms with van der Waals surface area (Å²) in [6, 6.07) is 8.87. The molecule has 0 unspecified atom stereocenters. The van der Waals surface area contributed by atoms with Gasteiger partial charge in [0.05, 0.1) is 11.1 Å². The van der Waals surface area contributed by atoms with Gasteiger partial charge in [0.1, 0.15) is 18.6 Å². The number of carbonyl (C=O) groups is 2. The summed E-state index contributed by atoms with van der Waals surface area (Å²) in [5.41, 5.74) is 0.337. The first-order valence-electron chi connectivity index (χ1n) is 6.42. The van der Waals surface area contributed by atoms with Crippen molar-refractivity contribution in [1.82, 2.24) is 0 Å². The van der Waals surface area contributed by atoms with Crippen molar-refractivity contribution >= 4 is 17.7 Å². The molecular formula is C16H12FNO5. The van der Waals surface area contributed by atoms with Crippen molar-refractivity contribution < 1.29 is 29.0 Å². The van der Waals surface area contributed by atoms with Gasteiger partial charge in [-0.15, -0.1) is 0 Å². The van der Waals surface area contributed by atoms with Crippen LogP contribution < -0.4 is 0 Å². The van der Waals surface area contributed by atoms with E-state index in [9.17, 15) is 19.1 Å². The van der Waals surface area contributed by atoms with Gasteiger partial charge in [-0.05, 0) is 36.4 Å². The highest BCUT2D eigenvalue weighted by molar-refractivity contribution is 6.17. The topological polar surface area (TPSA) is 96.2 Å². The lowest BCUT2D eigenvalue weighted by atomic mass is 9.95. The molecule has 0 amide bonds. The molecule has 2 aromatic carbocycles. The number of aromatic carboxylic acids is 2. The molecular weight excluding hydrogens is 305 g/mol. The van der Waals surface area contributed by atoms with Gasteiger partial charge in [-0.2, -0.15) is 0 Å². The van der Waals surface area contributed by atoms with Crippen LogP contribution in [0.25, 0.3) is 0 Å². The number of carboxylic acid groups (broad SMARTS) is 2. The van der Waals surface area contributed by atoms with Crippen molar-refractivity contribution in [2.75, 3.05) is 7.11 Å². The molecule has 0 aromatic heterocycles. The second-order valence-electron chi connectivity index (χ2n) is 4.50. The number of rotatable bonds is 5. The molecule has 0 saturated heterocycles. The summed E-state index contributed by atoms with van der Waals surface area (Å²) in [5.74, 6) is -3.01. The smallest absolute Gasteiger partial charge is 0.336 e. The van der Waals surface area contributed by atoms with Crippen molar-refractivity contribution in [3.8, 4) is 0 Å². The molecule has 0 aliphatic rings. The average Bonchev–Trinajstić information content (AvgIpc) is 2.53. The van der Waals surface area contributed by atoms with Crippen LogP contribution >= 0.6 is 0 Å². The zero-order valence-electron chi connectivity index (χ0n) is 12.0. The third-order valence-electron chi connectivity index (χ3n) is 3.05. The fourth-order valence-corrected chi connectivity index (χ4v) is 2.02. The first-order chi connectivity index (χ1) is 10.9. The van der Waals surface area contributed by atoms with Crippen LogP contribution in [0, 0.1) is 5.82 Å². The van der Waals surface area contributed by atoms with Gasteiger partial charge in [0.25, 0.3) is 0 Å². The Bertz CT molecular complexity index is 784. The molecule has 2 N–H and O–H groups in total. The van der Waals surface area contributed by atoms with Crippen LogP contribution in [0.1, 0.15) is 31.8 Å². The Hall–Kier alpha value is -3.22. The van der Waals surface area contributed by atoms with Gasteiger partial charge in [-0.3, -0.25) is 0 Å². The number of benzene rings is 2. The SMILES string of the molecule is CO/N=C(\c1ccc(F)cc1)c1ccc(C(=O)O)cc1C(=O)O. The minimum atomic E-state index is -1.31. The van der Waals surface area contributed by atoms with Gasteiger partial charge in [0.2, 0.25) is 0 Å². The first-order valence-corrected chi connectivity index (χ1v) is 6.42. The molecule has 0 bridgehead atoms. The molecule has 0 atom stereocenters. The summed E-state index contributed by atoms with van der Waals surface area (Å²) in [4.78, 5) is 27.2. The molecule has 0 aliphatic carbocycles. The molecule has 0 fully saturated rings. The Balaban J connectivity index is 2.64. The van der Waals surface area contributed by atoms with E-state index >= 15 is 0 Å². The number of halogens is 1. The Morgan fingerprint density at radius 2 is 1.57 bits per heavy atom. The van der Waals surface area contributed by atoms with Crippen LogP contribution in [0.5, 0.6) is 0 Å². The van der Waals surface area contributed by atoms with E-state index in [4.69, 9.17) is 9.94 Å². The Kier molecular flexibility index (Phi) is 4.70. The van der Waals surface area contributed by atoms with Gasteiger partial charge in [-0.25, -0.2) is 14.0 Å². The van der Waals surface area contributed by atoms with E-state index in [1.54, 1.807) is 0 Å². The lowest BCUT2D eigenvalue weighted by Crippen LogP contribution is -2.13. The van der Waals surface area contributed by atoms with Gasteiger partial charge < -0.3 is 15.1 Å². The highest BCUT2D eigenvalue weighted by Gasteiger charge is 2.19. The summed E-state index contributed by atoms with van der Waals surface area (Å²) in [6.45, 7) is 0. The summed E-state index contributed by atoms with van der Waals surface area (Å²) >= 11 is 0. The normalized spacial score (nSPS) is 11.1. The summed E-state index contributed by atoms with van der Waals surface area (Å²) in [7, 11) is 1.29. The molecule has 118 valence electrons. The summed E-state index contributed by atoms with van der Waals surface area (Å²) in [6.07, 6.45) is 0. The second-order valence-corrected chi connectivity index (χ2v) is 4.50. The van der Waals surface area contributed by atoms with Crippen molar-refractivity contribution in [3.05, 3.63) is 70.5 Å². The van der Waals surface area contributed by atoms with Crippen molar-refractivity contribution in [1.29, 1.82) is 0 Å². The van der Waals surface area contributed by atoms with Crippen LogP contribution in [-0.4, -0.2) is 35.0 Å². The fourth-order valence-electron chi connectivity index (χ4n) is 2.02. The Morgan fingerprint density at radius 3 is 2.09 bits per heavy atom. The molecule has 0 spiro atoms. The average molecular weight is 317 g/mol. The third-order valence-corrected chi connectivity index (χ3v) is 3.05. The van der Waals surface area contributed by atoms with E-state index in [2.05, 4.69) is 5.16 Å². The lowest BCUT2D eigenvalue weighted by molar-refractivity contribution is 0.0695. The van der Waals surface area contributed by atoms with E-state index < -0.39 is 17.8 Å². The van der Waals surface area contributed by atoms with E-state index in [0.717, 1.165) is 6.07 Å². The third kappa shape index (κ3) is 3.52. The predicted octanol–water partition coefficient (Wildman–Crippen LogP) is 2.62. The van der Waals surface area contributed by atoms with Crippen LogP contribution in [0.3, 0.4) is 0 Å². The van der Waals surface area contributed by atoms with Crippen molar-refractivity contribution in [3.63, 3.8) is 0 Å². The molecule has 0 aliphatic heterocycles. The van der Waals surface area contributed by atoms with Crippen molar-refractivity contribution in [2.45, 2.75) is 0 Å². The Labute approximate surface area is 130 Å². The summed E-state index contributed by atoms with van der Waals surface area (Å²) < 4.78 is 13.1. The molecule has 0 heterocycles. The number of carboxylic acids is 2. The van der Waals surface area contributed by atoms with E-state index in [0.29, 0.717) is 5.56 Å². The quantitative estimate of drug-likeness (QED) is 0.653. The zero-order valence-corrected chi connectivity index (χ0v) is 12.0. The minimum Gasteiger partial charge on any atom is -0.478 e. The molecule has 0 radical (unpaired) electrons. The first kappa shape index (κ1) is 16.2. The van der Waals surface area contributed by atoms with Crippen LogP contribution in [0.15, 0.2) is 47.6 Å². The standard InChI is InChI=1S/C16H12FNO5/c1-23-18-14(9-2-5-11(17)6-3-9)12-7-4-10(15(19)20)8-13(12)16(21)22/h2-8H,1H3,(H,19,20)(H,21,22)/b18-14+. The fraction of sp³-hybridized carbons (Fsp3) is 0.0625. The highest BCUT2D eigenvalue weighted by Crippen LogP contribution is 2.19. The molecule has 2 aromatic rings. The maximum absolute atomic E-state index is 13.1. The highest BCUT2D eigenvalue weighted by atomic mass is 19.1. The van der Waals surface area contributed by atoms with E-state index in [1.807, 2.05) is 0 Å². The van der Waals surface area contributed by atoms with Gasteiger partial charge in [0.15, 0.2) is 0 Å². The maximum atomic E-state index is 13.1. The van der Waals surface area contributed by atoms with Gasteiger partial charge in [0, 0.05) is 11.1 Å². The lowest BCUT2D eigenvalue weighted by Gasteiger charge is -2.10. The summed E-state index contributed by atoms with van der Waals surface area (Å²) in [5, 5.41) is 22.1. The molecule has 23 heavy (non-hydrogen) atoms. The van der Waals surface area contributed by atoms with Gasteiger partial charge in [-0.1, -0.05) is 11.2 Å². The largest absolute Gasteiger partial charge is 0.478 e. The molecule has 2 rings (SSSR count).